The molecule has 3 rings (SSSR count). The van der Waals surface area contributed by atoms with Crippen LogP contribution in [-0.2, 0) is 11.2 Å². The number of nitrogens with zero attached hydrogens (tertiary/aromatic N) is 1. The van der Waals surface area contributed by atoms with Gasteiger partial charge in [-0.05, 0) is 49.0 Å². The molecule has 0 aliphatic heterocycles. The van der Waals surface area contributed by atoms with Gasteiger partial charge in [0.15, 0.2) is 0 Å². The third-order valence-electron chi connectivity index (χ3n) is 5.19. The number of aryl methyl sites for hydroxylation is 1. The number of allylic oxidation sites excluding steroid dienone is 2. The Morgan fingerprint density at radius 2 is 1.89 bits per heavy atom. The van der Waals surface area contributed by atoms with Crippen molar-refractivity contribution in [2.75, 3.05) is 6.61 Å². The van der Waals surface area contributed by atoms with Gasteiger partial charge in [0.05, 0.1) is 5.60 Å². The van der Waals surface area contributed by atoms with Gasteiger partial charge >= 0.3 is 0 Å². The molecular weight excluding hydrogens is 356 g/mol. The molecule has 2 nitrogen and oxygen atoms in total. The number of ether oxygens (including phenoxy) is 1. The number of unbranched alkanes of at least 4 members (excludes halogenated alkanes) is 2. The van der Waals surface area contributed by atoms with Gasteiger partial charge < -0.3 is 4.74 Å². The van der Waals surface area contributed by atoms with E-state index < -0.39 is 17.5 Å². The first-order chi connectivity index (χ1) is 13.6. The van der Waals surface area contributed by atoms with Crippen molar-refractivity contribution >= 4 is 5.57 Å². The Morgan fingerprint density at radius 1 is 1.07 bits per heavy atom. The zero-order valence-corrected chi connectivity index (χ0v) is 16.3. The summed E-state index contributed by atoms with van der Waals surface area (Å²) in [6, 6.07) is 12.9. The molecule has 1 aromatic heterocycles. The molecule has 0 saturated carbocycles. The van der Waals surface area contributed by atoms with Crippen molar-refractivity contribution in [3.63, 3.8) is 0 Å². The maximum absolute atomic E-state index is 13.9. The van der Waals surface area contributed by atoms with Gasteiger partial charge in [0.1, 0.15) is 0 Å². The van der Waals surface area contributed by atoms with Gasteiger partial charge in [-0.2, -0.15) is 13.8 Å². The maximum atomic E-state index is 13.9. The van der Waals surface area contributed by atoms with E-state index >= 15 is 0 Å². The Balaban J connectivity index is 1.71. The average molecular weight is 383 g/mol. The summed E-state index contributed by atoms with van der Waals surface area (Å²) >= 11 is 0. The minimum atomic E-state index is -0.792. The van der Waals surface area contributed by atoms with Crippen LogP contribution in [0.2, 0.25) is 0 Å². The first kappa shape index (κ1) is 20.4. The van der Waals surface area contributed by atoms with Crippen LogP contribution in [0.1, 0.15) is 50.2 Å². The van der Waals surface area contributed by atoms with Crippen molar-refractivity contribution < 1.29 is 13.5 Å². The highest BCUT2D eigenvalue weighted by atomic mass is 19.1. The summed E-state index contributed by atoms with van der Waals surface area (Å²) in [5.74, 6) is -1.53. The normalized spacial score (nSPS) is 18.9. The van der Waals surface area contributed by atoms with Crippen molar-refractivity contribution in [2.24, 2.45) is 0 Å². The van der Waals surface area contributed by atoms with Gasteiger partial charge in [-0.3, -0.25) is 0 Å². The molecule has 0 saturated heterocycles. The minimum Gasteiger partial charge on any atom is -0.371 e. The molecule has 0 amide bonds. The lowest BCUT2D eigenvalue weighted by Crippen LogP contribution is -2.32. The highest BCUT2D eigenvalue weighted by molar-refractivity contribution is 5.75. The van der Waals surface area contributed by atoms with E-state index in [9.17, 15) is 8.78 Å². The Hall–Kier alpha value is -2.33. The lowest BCUT2D eigenvalue weighted by atomic mass is 9.85. The van der Waals surface area contributed by atoms with Gasteiger partial charge in [0, 0.05) is 12.2 Å². The summed E-state index contributed by atoms with van der Waals surface area (Å²) < 4.78 is 33.3. The second-order valence-corrected chi connectivity index (χ2v) is 7.27. The topological polar surface area (TPSA) is 22.1 Å². The highest BCUT2D eigenvalue weighted by Gasteiger charge is 2.29. The number of hydrogen-bond donors (Lipinski definition) is 0. The number of halogens is 2. The monoisotopic (exact) mass is 383 g/mol. The molecule has 0 fully saturated rings. The predicted molar refractivity (Wildman–Crippen MR) is 109 cm³/mol. The lowest BCUT2D eigenvalue weighted by Gasteiger charge is -2.33. The minimum absolute atomic E-state index is 0.421. The van der Waals surface area contributed by atoms with Gasteiger partial charge in [0.2, 0.25) is 11.9 Å². The molecule has 1 heterocycles. The van der Waals surface area contributed by atoms with Crippen LogP contribution in [0.15, 0.2) is 60.7 Å². The quantitative estimate of drug-likeness (QED) is 0.375. The van der Waals surface area contributed by atoms with Crippen LogP contribution in [0.25, 0.3) is 5.57 Å². The summed E-state index contributed by atoms with van der Waals surface area (Å²) in [4.78, 5) is 3.29. The largest absolute Gasteiger partial charge is 0.371 e. The van der Waals surface area contributed by atoms with Gasteiger partial charge in [-0.1, -0.05) is 68.3 Å². The number of rotatable bonds is 9. The fraction of sp³-hybridized carbons (Fsp3) is 0.375. The zero-order valence-electron chi connectivity index (χ0n) is 16.3. The van der Waals surface area contributed by atoms with E-state index in [0.717, 1.165) is 25.7 Å². The molecule has 148 valence electrons. The predicted octanol–water partition coefficient (Wildman–Crippen LogP) is 6.28. The SMILES string of the molecule is CCCCCOC1(CCc2ccc(F)nc2F)C=CC(c2ccccc2)=CC1. The van der Waals surface area contributed by atoms with Crippen LogP contribution in [0, 0.1) is 11.9 Å². The van der Waals surface area contributed by atoms with Crippen molar-refractivity contribution in [3.05, 3.63) is 83.7 Å². The first-order valence-corrected chi connectivity index (χ1v) is 10.0. The maximum Gasteiger partial charge on any atom is 0.218 e. The second kappa shape index (κ2) is 9.74. The fourth-order valence-corrected chi connectivity index (χ4v) is 3.47. The van der Waals surface area contributed by atoms with Crippen LogP contribution >= 0.6 is 0 Å². The Kier molecular flexibility index (Phi) is 7.10. The third kappa shape index (κ3) is 5.35. The number of aromatic nitrogens is 1. The fourth-order valence-electron chi connectivity index (χ4n) is 3.47. The van der Waals surface area contributed by atoms with Crippen molar-refractivity contribution in [2.45, 2.75) is 51.0 Å². The van der Waals surface area contributed by atoms with E-state index in [-0.39, 0.29) is 0 Å². The highest BCUT2D eigenvalue weighted by Crippen LogP contribution is 2.33. The molecule has 0 N–H and O–H groups in total. The molecule has 1 unspecified atom stereocenters. The molecule has 2 aromatic rings. The summed E-state index contributed by atoms with van der Waals surface area (Å²) in [5, 5.41) is 0. The van der Waals surface area contributed by atoms with Crippen LogP contribution in [0.4, 0.5) is 8.78 Å². The number of benzene rings is 1. The molecule has 0 bridgehead atoms. The zero-order chi connectivity index (χ0) is 19.8. The van der Waals surface area contributed by atoms with Crippen LogP contribution in [-0.4, -0.2) is 17.2 Å². The van der Waals surface area contributed by atoms with Crippen molar-refractivity contribution in [1.82, 2.24) is 4.98 Å². The average Bonchev–Trinajstić information content (AvgIpc) is 2.72. The smallest absolute Gasteiger partial charge is 0.218 e. The van der Waals surface area contributed by atoms with E-state index in [4.69, 9.17) is 4.74 Å². The number of pyridine rings is 1. The molecular formula is C24H27F2NO. The molecule has 1 aliphatic rings. The van der Waals surface area contributed by atoms with Crippen molar-refractivity contribution in [3.8, 4) is 0 Å². The van der Waals surface area contributed by atoms with Crippen LogP contribution in [0.5, 0.6) is 0 Å². The lowest BCUT2D eigenvalue weighted by molar-refractivity contribution is -0.0146. The molecule has 28 heavy (non-hydrogen) atoms. The standard InChI is InChI=1S/C24H27F2NO/c1-2-3-7-18-28-24(17-14-21-10-11-22(25)27-23(21)26)15-12-20(13-16-24)19-8-5-4-6-9-19/h4-6,8-13,15H,2-3,7,14,16-18H2,1H3. The third-order valence-corrected chi connectivity index (χ3v) is 5.19. The Bertz CT molecular complexity index is 832. The molecule has 0 radical (unpaired) electrons. The molecule has 0 spiro atoms. The summed E-state index contributed by atoms with van der Waals surface area (Å²) in [7, 11) is 0. The first-order valence-electron chi connectivity index (χ1n) is 10.0. The van der Waals surface area contributed by atoms with Crippen LogP contribution in [0.3, 0.4) is 0 Å². The van der Waals surface area contributed by atoms with Gasteiger partial charge in [-0.15, -0.1) is 0 Å². The Labute approximate surface area is 166 Å². The summed E-state index contributed by atoms with van der Waals surface area (Å²) in [6.45, 7) is 2.84. The van der Waals surface area contributed by atoms with E-state index in [0.29, 0.717) is 25.0 Å². The summed E-state index contributed by atoms with van der Waals surface area (Å²) in [5.41, 5.74) is 2.30. The van der Waals surface area contributed by atoms with Gasteiger partial charge in [0.25, 0.3) is 0 Å². The second-order valence-electron chi connectivity index (χ2n) is 7.27. The molecule has 1 aliphatic carbocycles. The molecule has 1 atom stereocenters. The molecule has 1 aromatic carbocycles. The van der Waals surface area contributed by atoms with E-state index in [1.165, 1.54) is 23.3 Å². The van der Waals surface area contributed by atoms with Gasteiger partial charge in [-0.25, -0.2) is 0 Å². The molecule has 4 heteroatoms. The van der Waals surface area contributed by atoms with E-state index in [1.54, 1.807) is 0 Å². The van der Waals surface area contributed by atoms with E-state index in [2.05, 4.69) is 42.3 Å². The number of hydrogen-bond acceptors (Lipinski definition) is 2. The van der Waals surface area contributed by atoms with E-state index in [1.807, 2.05) is 18.2 Å². The van der Waals surface area contributed by atoms with Crippen LogP contribution < -0.4 is 0 Å². The summed E-state index contributed by atoms with van der Waals surface area (Å²) in [6.07, 6.45) is 11.5. The Morgan fingerprint density at radius 3 is 2.57 bits per heavy atom. The van der Waals surface area contributed by atoms with Crippen molar-refractivity contribution in [1.29, 1.82) is 0 Å².